The second-order valence-corrected chi connectivity index (χ2v) is 6.13. The van der Waals surface area contributed by atoms with Gasteiger partial charge >= 0.3 is 5.69 Å². The van der Waals surface area contributed by atoms with Crippen LogP contribution in [-0.2, 0) is 0 Å². The average molecular weight is 314 g/mol. The Balaban J connectivity index is 1.83. The van der Waals surface area contributed by atoms with Gasteiger partial charge in [0.05, 0.1) is 5.56 Å². The Morgan fingerprint density at radius 1 is 0.913 bits per heavy atom. The van der Waals surface area contributed by atoms with Crippen molar-refractivity contribution in [1.29, 1.82) is 0 Å². The maximum absolute atomic E-state index is 12.1. The fraction of sp³-hybridized carbons (Fsp3) is 0.412. The number of piperazine rings is 1. The Morgan fingerprint density at radius 2 is 1.52 bits per heavy atom. The minimum absolute atomic E-state index is 0.0535. The van der Waals surface area contributed by atoms with Crippen LogP contribution in [-0.4, -0.2) is 36.1 Å². The number of hydrogen-bond donors (Lipinski definition) is 2. The van der Waals surface area contributed by atoms with Crippen molar-refractivity contribution in [1.82, 2.24) is 9.97 Å². The predicted molar refractivity (Wildman–Crippen MR) is 92.6 cm³/mol. The van der Waals surface area contributed by atoms with Gasteiger partial charge in [0.15, 0.2) is 0 Å². The Hall–Kier alpha value is -2.50. The summed E-state index contributed by atoms with van der Waals surface area (Å²) in [7, 11) is 0. The molecule has 0 atom stereocenters. The number of H-pyrrole nitrogens is 2. The van der Waals surface area contributed by atoms with Gasteiger partial charge in [-0.25, -0.2) is 4.79 Å². The molecule has 0 saturated carbocycles. The summed E-state index contributed by atoms with van der Waals surface area (Å²) in [4.78, 5) is 33.4. The zero-order chi connectivity index (χ0) is 16.4. The number of anilines is 2. The molecule has 0 spiro atoms. The molecule has 1 aliphatic heterocycles. The molecule has 0 radical (unpaired) electrons. The highest BCUT2D eigenvalue weighted by atomic mass is 16.2. The first-order chi connectivity index (χ1) is 11.1. The molecule has 0 aliphatic carbocycles. The third-order valence-electron chi connectivity index (χ3n) is 4.25. The number of nitrogens with one attached hydrogen (secondary N) is 2. The van der Waals surface area contributed by atoms with E-state index in [0.29, 0.717) is 11.4 Å². The van der Waals surface area contributed by atoms with Crippen LogP contribution in [0.5, 0.6) is 0 Å². The number of aromatic amines is 2. The third kappa shape index (κ3) is 3.16. The van der Waals surface area contributed by atoms with E-state index in [-0.39, 0.29) is 11.5 Å². The van der Waals surface area contributed by atoms with Crippen LogP contribution in [0.1, 0.15) is 25.3 Å². The summed E-state index contributed by atoms with van der Waals surface area (Å²) in [6.45, 7) is 7.19. The van der Waals surface area contributed by atoms with Crippen LogP contribution in [0.3, 0.4) is 0 Å². The smallest absolute Gasteiger partial charge is 0.327 e. The molecule has 0 bridgehead atoms. The maximum atomic E-state index is 12.1. The van der Waals surface area contributed by atoms with Crippen molar-refractivity contribution < 1.29 is 0 Å². The van der Waals surface area contributed by atoms with E-state index < -0.39 is 5.69 Å². The predicted octanol–water partition coefficient (Wildman–Crippen LogP) is 1.51. The molecular weight excluding hydrogens is 292 g/mol. The summed E-state index contributed by atoms with van der Waals surface area (Å²) >= 11 is 0. The zero-order valence-electron chi connectivity index (χ0n) is 13.5. The van der Waals surface area contributed by atoms with Crippen LogP contribution in [0, 0.1) is 0 Å². The van der Waals surface area contributed by atoms with Crippen LogP contribution in [0.4, 0.5) is 11.5 Å². The van der Waals surface area contributed by atoms with Crippen molar-refractivity contribution in [2.45, 2.75) is 19.8 Å². The van der Waals surface area contributed by atoms with Gasteiger partial charge in [0.1, 0.15) is 5.82 Å². The summed E-state index contributed by atoms with van der Waals surface area (Å²) in [5.41, 5.74) is 1.12. The number of rotatable bonds is 3. The molecule has 122 valence electrons. The van der Waals surface area contributed by atoms with Crippen molar-refractivity contribution in [3.05, 3.63) is 56.7 Å². The van der Waals surface area contributed by atoms with Crippen molar-refractivity contribution >= 4 is 11.5 Å². The quantitative estimate of drug-likeness (QED) is 0.901. The highest BCUT2D eigenvalue weighted by molar-refractivity contribution is 5.51. The highest BCUT2D eigenvalue weighted by Gasteiger charge is 2.23. The Bertz CT molecular complexity index is 771. The van der Waals surface area contributed by atoms with Gasteiger partial charge in [0.2, 0.25) is 0 Å². The van der Waals surface area contributed by atoms with E-state index in [4.69, 9.17) is 0 Å². The van der Waals surface area contributed by atoms with Crippen LogP contribution in [0.25, 0.3) is 0 Å². The number of para-hydroxylation sites is 1. The van der Waals surface area contributed by atoms with Gasteiger partial charge in [-0.15, -0.1) is 0 Å². The fourth-order valence-corrected chi connectivity index (χ4v) is 3.10. The molecule has 23 heavy (non-hydrogen) atoms. The van der Waals surface area contributed by atoms with Crippen molar-refractivity contribution in [3.8, 4) is 0 Å². The number of benzene rings is 1. The Kier molecular flexibility index (Phi) is 4.23. The van der Waals surface area contributed by atoms with E-state index in [0.717, 1.165) is 26.2 Å². The molecule has 2 aromatic rings. The summed E-state index contributed by atoms with van der Waals surface area (Å²) in [5, 5.41) is 0. The lowest BCUT2D eigenvalue weighted by molar-refractivity contribution is 0.637. The molecule has 0 amide bonds. The monoisotopic (exact) mass is 314 g/mol. The molecular formula is C17H22N4O2. The normalized spacial score (nSPS) is 15.3. The third-order valence-corrected chi connectivity index (χ3v) is 4.25. The van der Waals surface area contributed by atoms with Gasteiger partial charge in [-0.05, 0) is 18.1 Å². The summed E-state index contributed by atoms with van der Waals surface area (Å²) in [5.74, 6) is 0.721. The van der Waals surface area contributed by atoms with Gasteiger partial charge in [0.25, 0.3) is 5.56 Å². The van der Waals surface area contributed by atoms with E-state index in [2.05, 4.69) is 31.9 Å². The van der Waals surface area contributed by atoms with Crippen LogP contribution in [0.2, 0.25) is 0 Å². The van der Waals surface area contributed by atoms with E-state index in [1.165, 1.54) is 5.69 Å². The first kappa shape index (κ1) is 15.4. The number of aromatic nitrogens is 2. The summed E-state index contributed by atoms with van der Waals surface area (Å²) < 4.78 is 0. The van der Waals surface area contributed by atoms with E-state index in [1.807, 2.05) is 32.0 Å². The lowest BCUT2D eigenvalue weighted by Crippen LogP contribution is -2.48. The summed E-state index contributed by atoms with van der Waals surface area (Å²) in [6, 6.07) is 10.3. The average Bonchev–Trinajstić information content (AvgIpc) is 2.54. The lowest BCUT2D eigenvalue weighted by Gasteiger charge is -2.37. The largest absolute Gasteiger partial charge is 0.368 e. The maximum Gasteiger partial charge on any atom is 0.327 e. The van der Waals surface area contributed by atoms with Gasteiger partial charge in [-0.2, -0.15) is 0 Å². The lowest BCUT2D eigenvalue weighted by atomic mass is 10.0. The highest BCUT2D eigenvalue weighted by Crippen LogP contribution is 2.23. The molecule has 2 heterocycles. The van der Waals surface area contributed by atoms with Gasteiger partial charge in [-0.1, -0.05) is 32.0 Å². The topological polar surface area (TPSA) is 72.2 Å². The number of hydrogen-bond acceptors (Lipinski definition) is 4. The fourth-order valence-electron chi connectivity index (χ4n) is 3.10. The van der Waals surface area contributed by atoms with Gasteiger partial charge in [-0.3, -0.25) is 14.8 Å². The second-order valence-electron chi connectivity index (χ2n) is 6.13. The number of nitrogens with zero attached hydrogens (tertiary/aromatic N) is 2. The van der Waals surface area contributed by atoms with Crippen LogP contribution < -0.4 is 21.0 Å². The Morgan fingerprint density at radius 3 is 2.13 bits per heavy atom. The molecule has 1 aromatic heterocycles. The van der Waals surface area contributed by atoms with Crippen LogP contribution >= 0.6 is 0 Å². The molecule has 6 nitrogen and oxygen atoms in total. The molecule has 1 fully saturated rings. The van der Waals surface area contributed by atoms with Crippen molar-refractivity contribution in [2.75, 3.05) is 36.0 Å². The molecule has 0 unspecified atom stereocenters. The molecule has 2 N–H and O–H groups in total. The zero-order valence-corrected chi connectivity index (χ0v) is 13.5. The molecule has 6 heteroatoms. The molecule has 1 saturated heterocycles. The van der Waals surface area contributed by atoms with E-state index in [9.17, 15) is 9.59 Å². The first-order valence-electron chi connectivity index (χ1n) is 7.97. The standard InChI is InChI=1S/C17H22N4O2/c1-12(2)14-15(18-17(23)19-16(14)22)21-10-8-20(9-11-21)13-6-4-3-5-7-13/h3-7,12H,8-11H2,1-2H3,(H2,18,19,22,23). The second kappa shape index (κ2) is 6.32. The van der Waals surface area contributed by atoms with Crippen molar-refractivity contribution in [3.63, 3.8) is 0 Å². The Labute approximate surface area is 134 Å². The first-order valence-corrected chi connectivity index (χ1v) is 7.97. The molecule has 1 aliphatic rings. The van der Waals surface area contributed by atoms with Gasteiger partial charge < -0.3 is 9.80 Å². The molecule has 3 rings (SSSR count). The summed E-state index contributed by atoms with van der Waals surface area (Å²) in [6.07, 6.45) is 0. The van der Waals surface area contributed by atoms with Crippen molar-refractivity contribution in [2.24, 2.45) is 0 Å². The molecule has 1 aromatic carbocycles. The minimum atomic E-state index is -0.445. The van der Waals surface area contributed by atoms with Crippen LogP contribution in [0.15, 0.2) is 39.9 Å². The van der Waals surface area contributed by atoms with E-state index in [1.54, 1.807) is 0 Å². The minimum Gasteiger partial charge on any atom is -0.368 e. The van der Waals surface area contributed by atoms with Gasteiger partial charge in [0, 0.05) is 31.9 Å². The van der Waals surface area contributed by atoms with E-state index >= 15 is 0 Å². The SMILES string of the molecule is CC(C)c1c(N2CCN(c3ccccc3)CC2)[nH]c(=O)[nH]c1=O.